The van der Waals surface area contributed by atoms with Crippen LogP contribution in [0.5, 0.6) is 5.75 Å². The Morgan fingerprint density at radius 3 is 2.74 bits per heavy atom. The van der Waals surface area contributed by atoms with Crippen LogP contribution in [0.4, 0.5) is 5.69 Å². The summed E-state index contributed by atoms with van der Waals surface area (Å²) in [5, 5.41) is 12.3. The number of carbonyl (C=O) groups excluding carboxylic acids is 1. The lowest BCUT2D eigenvalue weighted by molar-refractivity contribution is -0.115. The first-order chi connectivity index (χ1) is 9.06. The Morgan fingerprint density at radius 2 is 2.05 bits per heavy atom. The van der Waals surface area contributed by atoms with Crippen molar-refractivity contribution in [1.82, 2.24) is 4.98 Å². The number of nitrogens with one attached hydrogen (secondary N) is 1. The molecule has 1 amide bonds. The van der Waals surface area contributed by atoms with Gasteiger partial charge in [0.25, 0.3) is 0 Å². The van der Waals surface area contributed by atoms with Crippen molar-refractivity contribution in [2.24, 2.45) is 0 Å². The number of phenolic OH excluding ortho intramolecular Hbond substituents is 1. The van der Waals surface area contributed by atoms with Gasteiger partial charge in [-0.3, -0.25) is 9.78 Å². The van der Waals surface area contributed by atoms with Crippen molar-refractivity contribution in [1.29, 1.82) is 0 Å². The molecule has 1 aromatic heterocycles. The quantitative estimate of drug-likeness (QED) is 0.830. The summed E-state index contributed by atoms with van der Waals surface area (Å²) in [7, 11) is 0. The van der Waals surface area contributed by atoms with E-state index in [1.54, 1.807) is 24.4 Å². The number of para-hydroxylation sites is 2. The second kappa shape index (κ2) is 5.52. The summed E-state index contributed by atoms with van der Waals surface area (Å²) >= 11 is 0. The van der Waals surface area contributed by atoms with E-state index in [1.165, 1.54) is 6.07 Å². The minimum atomic E-state index is -0.171. The zero-order valence-corrected chi connectivity index (χ0v) is 11.0. The van der Waals surface area contributed by atoms with E-state index in [4.69, 9.17) is 0 Å². The van der Waals surface area contributed by atoms with E-state index in [0.29, 0.717) is 5.69 Å². The lowest BCUT2D eigenvalue weighted by Crippen LogP contribution is -2.15. The topological polar surface area (TPSA) is 62.2 Å². The van der Waals surface area contributed by atoms with Gasteiger partial charge in [0.1, 0.15) is 5.75 Å². The van der Waals surface area contributed by atoms with Crippen LogP contribution in [0.25, 0.3) is 0 Å². The molecular weight excluding hydrogens is 240 g/mol. The molecule has 98 valence electrons. The third-order valence-electron chi connectivity index (χ3n) is 2.89. The molecule has 0 fully saturated rings. The number of phenols is 1. The van der Waals surface area contributed by atoms with E-state index in [0.717, 1.165) is 16.8 Å². The molecule has 2 aromatic rings. The monoisotopic (exact) mass is 256 g/mol. The molecule has 2 N–H and O–H groups in total. The van der Waals surface area contributed by atoms with Crippen LogP contribution >= 0.6 is 0 Å². The number of hydrogen-bond acceptors (Lipinski definition) is 3. The van der Waals surface area contributed by atoms with Gasteiger partial charge in [-0.05, 0) is 43.2 Å². The largest absolute Gasteiger partial charge is 0.506 e. The summed E-state index contributed by atoms with van der Waals surface area (Å²) in [5.74, 6) is -0.107. The van der Waals surface area contributed by atoms with E-state index >= 15 is 0 Å². The Morgan fingerprint density at radius 1 is 1.32 bits per heavy atom. The second-order valence-corrected chi connectivity index (χ2v) is 4.49. The van der Waals surface area contributed by atoms with Crippen molar-refractivity contribution in [3.63, 3.8) is 0 Å². The predicted molar refractivity (Wildman–Crippen MR) is 74.2 cm³/mol. The summed E-state index contributed by atoms with van der Waals surface area (Å²) in [6, 6.07) is 8.61. The highest BCUT2D eigenvalue weighted by molar-refractivity contribution is 5.93. The molecule has 0 bridgehead atoms. The molecule has 1 heterocycles. The van der Waals surface area contributed by atoms with Crippen LogP contribution in [0.1, 0.15) is 16.8 Å². The average Bonchev–Trinajstić information content (AvgIpc) is 2.36. The molecule has 0 radical (unpaired) electrons. The molecule has 1 aromatic carbocycles. The number of benzene rings is 1. The van der Waals surface area contributed by atoms with Gasteiger partial charge in [0, 0.05) is 11.9 Å². The fourth-order valence-electron chi connectivity index (χ4n) is 1.86. The summed E-state index contributed by atoms with van der Waals surface area (Å²) in [6.07, 6.45) is 1.96. The predicted octanol–water partition coefficient (Wildman–Crippen LogP) is 2.59. The van der Waals surface area contributed by atoms with Gasteiger partial charge in [0.05, 0.1) is 12.1 Å². The molecule has 4 nitrogen and oxygen atoms in total. The van der Waals surface area contributed by atoms with Crippen LogP contribution < -0.4 is 5.32 Å². The van der Waals surface area contributed by atoms with E-state index < -0.39 is 0 Å². The molecule has 0 saturated heterocycles. The Hall–Kier alpha value is -2.36. The first kappa shape index (κ1) is 13.1. The number of anilines is 1. The molecule has 0 spiro atoms. The van der Waals surface area contributed by atoms with Gasteiger partial charge in [0.15, 0.2) is 0 Å². The van der Waals surface area contributed by atoms with Gasteiger partial charge in [-0.2, -0.15) is 0 Å². The van der Waals surface area contributed by atoms with Gasteiger partial charge in [0.2, 0.25) is 5.91 Å². The van der Waals surface area contributed by atoms with Gasteiger partial charge >= 0.3 is 0 Å². The number of aryl methyl sites for hydroxylation is 2. The molecule has 2 rings (SSSR count). The molecule has 0 aliphatic rings. The van der Waals surface area contributed by atoms with Crippen LogP contribution in [0.2, 0.25) is 0 Å². The summed E-state index contributed by atoms with van der Waals surface area (Å²) in [6.45, 7) is 3.87. The van der Waals surface area contributed by atoms with Crippen LogP contribution in [-0.4, -0.2) is 16.0 Å². The zero-order chi connectivity index (χ0) is 13.8. The van der Waals surface area contributed by atoms with Crippen LogP contribution in [0.3, 0.4) is 0 Å². The average molecular weight is 256 g/mol. The summed E-state index contributed by atoms with van der Waals surface area (Å²) < 4.78 is 0. The van der Waals surface area contributed by atoms with E-state index in [2.05, 4.69) is 10.3 Å². The summed E-state index contributed by atoms with van der Waals surface area (Å²) in [5.41, 5.74) is 3.28. The molecule has 0 saturated carbocycles. The third kappa shape index (κ3) is 3.31. The van der Waals surface area contributed by atoms with E-state index in [-0.39, 0.29) is 18.1 Å². The Kier molecular flexibility index (Phi) is 3.80. The highest BCUT2D eigenvalue weighted by atomic mass is 16.3. The minimum Gasteiger partial charge on any atom is -0.506 e. The molecule has 0 aliphatic carbocycles. The van der Waals surface area contributed by atoms with Crippen molar-refractivity contribution >= 4 is 11.6 Å². The first-order valence-electron chi connectivity index (χ1n) is 6.06. The Balaban J connectivity index is 2.08. The van der Waals surface area contributed by atoms with Gasteiger partial charge in [-0.1, -0.05) is 12.1 Å². The maximum absolute atomic E-state index is 11.9. The van der Waals surface area contributed by atoms with Crippen molar-refractivity contribution in [3.8, 4) is 5.75 Å². The van der Waals surface area contributed by atoms with Crippen molar-refractivity contribution in [3.05, 3.63) is 53.3 Å². The maximum Gasteiger partial charge on any atom is 0.228 e. The SMILES string of the molecule is Cc1cc(C)c(CC(=O)Nc2ccccc2O)cn1. The van der Waals surface area contributed by atoms with Gasteiger partial charge in [-0.15, -0.1) is 0 Å². The number of amides is 1. The number of aromatic hydroxyl groups is 1. The first-order valence-corrected chi connectivity index (χ1v) is 6.06. The van der Waals surface area contributed by atoms with Crippen LogP contribution in [0.15, 0.2) is 36.5 Å². The van der Waals surface area contributed by atoms with Crippen LogP contribution in [0, 0.1) is 13.8 Å². The summed E-state index contributed by atoms with van der Waals surface area (Å²) in [4.78, 5) is 16.1. The zero-order valence-electron chi connectivity index (χ0n) is 11.0. The van der Waals surface area contributed by atoms with Crippen molar-refractivity contribution in [2.45, 2.75) is 20.3 Å². The number of pyridine rings is 1. The highest BCUT2D eigenvalue weighted by Crippen LogP contribution is 2.21. The highest BCUT2D eigenvalue weighted by Gasteiger charge is 2.09. The number of aromatic nitrogens is 1. The molecule has 19 heavy (non-hydrogen) atoms. The smallest absolute Gasteiger partial charge is 0.228 e. The number of rotatable bonds is 3. The maximum atomic E-state index is 11.9. The lowest BCUT2D eigenvalue weighted by Gasteiger charge is -2.08. The van der Waals surface area contributed by atoms with E-state index in [9.17, 15) is 9.90 Å². The third-order valence-corrected chi connectivity index (χ3v) is 2.89. The minimum absolute atomic E-state index is 0.0644. The standard InChI is InChI=1S/C15H16N2O2/c1-10-7-11(2)16-9-12(10)8-15(19)17-13-5-3-4-6-14(13)18/h3-7,9,18H,8H2,1-2H3,(H,17,19). The fraction of sp³-hybridized carbons (Fsp3) is 0.200. The number of nitrogens with zero attached hydrogens (tertiary/aromatic N) is 1. The number of hydrogen-bond donors (Lipinski definition) is 2. The molecule has 4 heteroatoms. The normalized spacial score (nSPS) is 10.2. The second-order valence-electron chi connectivity index (χ2n) is 4.49. The molecular formula is C15H16N2O2. The van der Waals surface area contributed by atoms with Crippen molar-refractivity contribution in [2.75, 3.05) is 5.32 Å². The number of carbonyl (C=O) groups is 1. The van der Waals surface area contributed by atoms with Gasteiger partial charge < -0.3 is 10.4 Å². The Bertz CT molecular complexity index is 609. The molecule has 0 unspecified atom stereocenters. The molecule has 0 atom stereocenters. The fourth-order valence-corrected chi connectivity index (χ4v) is 1.86. The lowest BCUT2D eigenvalue weighted by atomic mass is 10.1. The molecule has 0 aliphatic heterocycles. The van der Waals surface area contributed by atoms with Gasteiger partial charge in [-0.25, -0.2) is 0 Å². The van der Waals surface area contributed by atoms with Crippen LogP contribution in [-0.2, 0) is 11.2 Å². The van der Waals surface area contributed by atoms with E-state index in [1.807, 2.05) is 19.9 Å². The van der Waals surface area contributed by atoms with Crippen molar-refractivity contribution < 1.29 is 9.90 Å². The Labute approximate surface area is 112 Å².